The fraction of sp³-hybridized carbons (Fsp3) is 0.150. The van der Waals surface area contributed by atoms with Gasteiger partial charge in [0.2, 0.25) is 0 Å². The molecule has 0 bridgehead atoms. The quantitative estimate of drug-likeness (QED) is 0.684. The third kappa shape index (κ3) is 3.18. The number of rotatable bonds is 2. The van der Waals surface area contributed by atoms with Crippen LogP contribution in [0.4, 0.5) is 4.39 Å². The van der Waals surface area contributed by atoms with Gasteiger partial charge in [0.1, 0.15) is 5.82 Å². The van der Waals surface area contributed by atoms with Crippen molar-refractivity contribution in [2.75, 3.05) is 6.54 Å². The molecule has 0 aliphatic carbocycles. The predicted molar refractivity (Wildman–Crippen MR) is 97.3 cm³/mol. The van der Waals surface area contributed by atoms with E-state index < -0.39 is 5.82 Å². The summed E-state index contributed by atoms with van der Waals surface area (Å²) in [4.78, 5) is 23.3. The van der Waals surface area contributed by atoms with Crippen LogP contribution in [0.3, 0.4) is 0 Å². The number of carbonyl (C=O) groups excluding carboxylic acids is 1. The summed E-state index contributed by atoms with van der Waals surface area (Å²) in [5.74, 6) is -0.270. The van der Waals surface area contributed by atoms with Gasteiger partial charge in [-0.05, 0) is 18.2 Å². The minimum Gasteiger partial charge on any atom is -0.334 e. The Morgan fingerprint density at radius 1 is 1.15 bits per heavy atom. The summed E-state index contributed by atoms with van der Waals surface area (Å²) >= 11 is 5.90. The zero-order chi connectivity index (χ0) is 18.1. The smallest absolute Gasteiger partial charge is 0.257 e. The molecule has 3 aromatic rings. The highest BCUT2D eigenvalue weighted by Crippen LogP contribution is 2.23. The fourth-order valence-corrected chi connectivity index (χ4v) is 3.22. The van der Waals surface area contributed by atoms with Crippen molar-refractivity contribution < 1.29 is 9.18 Å². The Hall–Kier alpha value is -2.79. The fourth-order valence-electron chi connectivity index (χ4n) is 3.05. The van der Waals surface area contributed by atoms with Crippen molar-refractivity contribution in [3.05, 3.63) is 82.4 Å². The van der Waals surface area contributed by atoms with Crippen molar-refractivity contribution in [3.8, 4) is 11.4 Å². The van der Waals surface area contributed by atoms with Crippen LogP contribution < -0.4 is 0 Å². The molecule has 0 atom stereocenters. The average Bonchev–Trinajstić information content (AvgIpc) is 2.69. The number of fused-ring (bicyclic) bond motifs is 1. The van der Waals surface area contributed by atoms with Crippen molar-refractivity contribution in [1.82, 2.24) is 14.9 Å². The number of hydrogen-bond donors (Lipinski definition) is 0. The van der Waals surface area contributed by atoms with Gasteiger partial charge in [0.15, 0.2) is 5.82 Å². The van der Waals surface area contributed by atoms with Gasteiger partial charge in [0.05, 0.1) is 11.3 Å². The van der Waals surface area contributed by atoms with Crippen LogP contribution in [0.25, 0.3) is 11.4 Å². The molecular weight excluding hydrogens is 353 g/mol. The molecule has 1 aromatic heterocycles. The highest BCUT2D eigenvalue weighted by atomic mass is 35.5. The SMILES string of the molecule is O=C(c1cc(Cl)ccc1F)N1CCc2nc(-c3ccccc3)ncc2C1. The molecule has 2 heterocycles. The summed E-state index contributed by atoms with van der Waals surface area (Å²) in [7, 11) is 0. The van der Waals surface area contributed by atoms with E-state index in [1.54, 1.807) is 11.1 Å². The normalized spacial score (nSPS) is 13.4. The van der Waals surface area contributed by atoms with E-state index in [1.165, 1.54) is 18.2 Å². The summed E-state index contributed by atoms with van der Waals surface area (Å²) in [5, 5.41) is 0.336. The minimum absolute atomic E-state index is 0.0113. The third-order valence-electron chi connectivity index (χ3n) is 4.41. The highest BCUT2D eigenvalue weighted by molar-refractivity contribution is 6.31. The topological polar surface area (TPSA) is 46.1 Å². The van der Waals surface area contributed by atoms with E-state index in [-0.39, 0.29) is 11.5 Å². The molecule has 4 rings (SSSR count). The molecule has 4 nitrogen and oxygen atoms in total. The minimum atomic E-state index is -0.569. The van der Waals surface area contributed by atoms with Crippen LogP contribution >= 0.6 is 11.6 Å². The second-order valence-corrected chi connectivity index (χ2v) is 6.57. The molecule has 6 heteroatoms. The number of benzene rings is 2. The van der Waals surface area contributed by atoms with E-state index in [4.69, 9.17) is 11.6 Å². The molecule has 0 fully saturated rings. The van der Waals surface area contributed by atoms with Crippen LogP contribution in [0, 0.1) is 5.82 Å². The highest BCUT2D eigenvalue weighted by Gasteiger charge is 2.25. The zero-order valence-electron chi connectivity index (χ0n) is 13.8. The van der Waals surface area contributed by atoms with Gasteiger partial charge in [-0.3, -0.25) is 4.79 Å². The number of aromatic nitrogens is 2. The van der Waals surface area contributed by atoms with Crippen molar-refractivity contribution in [2.24, 2.45) is 0 Å². The summed E-state index contributed by atoms with van der Waals surface area (Å²) in [5.41, 5.74) is 2.75. The van der Waals surface area contributed by atoms with E-state index in [0.717, 1.165) is 16.8 Å². The van der Waals surface area contributed by atoms with Gasteiger partial charge < -0.3 is 4.90 Å². The molecule has 1 aliphatic rings. The Morgan fingerprint density at radius 3 is 2.77 bits per heavy atom. The third-order valence-corrected chi connectivity index (χ3v) is 4.65. The van der Waals surface area contributed by atoms with Crippen molar-refractivity contribution in [1.29, 1.82) is 0 Å². The van der Waals surface area contributed by atoms with Crippen molar-refractivity contribution in [3.63, 3.8) is 0 Å². The number of nitrogens with zero attached hydrogens (tertiary/aromatic N) is 3. The maximum absolute atomic E-state index is 14.0. The lowest BCUT2D eigenvalue weighted by Crippen LogP contribution is -2.37. The summed E-state index contributed by atoms with van der Waals surface area (Å²) < 4.78 is 14.0. The largest absolute Gasteiger partial charge is 0.334 e. The monoisotopic (exact) mass is 367 g/mol. The lowest BCUT2D eigenvalue weighted by Gasteiger charge is -2.28. The van der Waals surface area contributed by atoms with E-state index >= 15 is 0 Å². The Bertz CT molecular complexity index is 978. The van der Waals surface area contributed by atoms with Crippen LogP contribution in [0.2, 0.25) is 5.02 Å². The Morgan fingerprint density at radius 2 is 1.96 bits per heavy atom. The van der Waals surface area contributed by atoms with Crippen LogP contribution in [0.5, 0.6) is 0 Å². The van der Waals surface area contributed by atoms with Crippen molar-refractivity contribution >= 4 is 17.5 Å². The van der Waals surface area contributed by atoms with Gasteiger partial charge in [-0.25, -0.2) is 14.4 Å². The van der Waals surface area contributed by atoms with Crippen molar-refractivity contribution in [2.45, 2.75) is 13.0 Å². The molecule has 0 N–H and O–H groups in total. The second kappa shape index (κ2) is 6.84. The summed E-state index contributed by atoms with van der Waals surface area (Å²) in [6.45, 7) is 0.832. The predicted octanol–water partition coefficient (Wildman–Crippen LogP) is 4.13. The molecular formula is C20H15ClFN3O. The first kappa shape index (κ1) is 16.7. The Kier molecular flexibility index (Phi) is 4.39. The average molecular weight is 368 g/mol. The van der Waals surface area contributed by atoms with Crippen LogP contribution in [0.1, 0.15) is 21.6 Å². The molecule has 0 spiro atoms. The Balaban J connectivity index is 1.58. The van der Waals surface area contributed by atoms with Gasteiger partial charge in [-0.1, -0.05) is 41.9 Å². The van der Waals surface area contributed by atoms with E-state index in [9.17, 15) is 9.18 Å². The molecule has 1 amide bonds. The van der Waals surface area contributed by atoms with Gasteiger partial charge in [0.25, 0.3) is 5.91 Å². The molecule has 2 aromatic carbocycles. The van der Waals surface area contributed by atoms with Crippen LogP contribution in [0.15, 0.2) is 54.7 Å². The zero-order valence-corrected chi connectivity index (χ0v) is 14.6. The molecule has 0 saturated carbocycles. The summed E-state index contributed by atoms with van der Waals surface area (Å²) in [6.07, 6.45) is 2.35. The maximum Gasteiger partial charge on any atom is 0.257 e. The lowest BCUT2D eigenvalue weighted by molar-refractivity contribution is 0.0728. The number of halogens is 2. The van der Waals surface area contributed by atoms with Gasteiger partial charge in [0, 0.05) is 41.9 Å². The first-order chi connectivity index (χ1) is 12.6. The molecule has 0 saturated heterocycles. The first-order valence-corrected chi connectivity index (χ1v) is 8.64. The standard InChI is InChI=1S/C20H15ClFN3O/c21-15-6-7-17(22)16(10-15)20(26)25-9-8-18-14(12-25)11-23-19(24-18)13-4-2-1-3-5-13/h1-7,10-11H,8-9,12H2. The van der Waals surface area contributed by atoms with E-state index in [1.807, 2.05) is 30.3 Å². The number of hydrogen-bond acceptors (Lipinski definition) is 3. The second-order valence-electron chi connectivity index (χ2n) is 6.13. The molecule has 0 radical (unpaired) electrons. The maximum atomic E-state index is 14.0. The van der Waals surface area contributed by atoms with Gasteiger partial charge >= 0.3 is 0 Å². The van der Waals surface area contributed by atoms with E-state index in [2.05, 4.69) is 9.97 Å². The number of carbonyl (C=O) groups is 1. The van der Waals surface area contributed by atoms with Crippen LogP contribution in [-0.4, -0.2) is 27.3 Å². The first-order valence-electron chi connectivity index (χ1n) is 8.26. The van der Waals surface area contributed by atoms with Gasteiger partial charge in [-0.15, -0.1) is 0 Å². The van der Waals surface area contributed by atoms with E-state index in [0.29, 0.717) is 30.4 Å². The van der Waals surface area contributed by atoms with Gasteiger partial charge in [-0.2, -0.15) is 0 Å². The molecule has 0 unspecified atom stereocenters. The van der Waals surface area contributed by atoms with Crippen LogP contribution in [-0.2, 0) is 13.0 Å². The molecule has 26 heavy (non-hydrogen) atoms. The molecule has 1 aliphatic heterocycles. The Labute approximate surface area is 155 Å². The number of amides is 1. The lowest BCUT2D eigenvalue weighted by atomic mass is 10.1. The molecule has 130 valence electrons. The summed E-state index contributed by atoms with van der Waals surface area (Å²) in [6, 6.07) is 13.8.